The molecule has 0 heterocycles. The van der Waals surface area contributed by atoms with Crippen LogP contribution < -0.4 is 5.32 Å². The number of nitrogens with one attached hydrogen (secondary N) is 1. The molecule has 0 bridgehead atoms. The van der Waals surface area contributed by atoms with Gasteiger partial charge in [0.1, 0.15) is 5.60 Å². The van der Waals surface area contributed by atoms with Crippen LogP contribution in [0.15, 0.2) is 0 Å². The van der Waals surface area contributed by atoms with Crippen molar-refractivity contribution in [3.63, 3.8) is 0 Å². The molecule has 0 aromatic rings. The molecule has 108 valence electrons. The van der Waals surface area contributed by atoms with Gasteiger partial charge in [-0.2, -0.15) is 0 Å². The van der Waals surface area contributed by atoms with Crippen LogP contribution in [0.4, 0.5) is 4.79 Å². The van der Waals surface area contributed by atoms with Crippen molar-refractivity contribution < 1.29 is 9.53 Å². The third kappa shape index (κ3) is 9.24. The fraction of sp³-hybridized carbons (Fsp3) is 0.923. The van der Waals surface area contributed by atoms with Crippen LogP contribution in [0.2, 0.25) is 0 Å². The summed E-state index contributed by atoms with van der Waals surface area (Å²) in [5, 5.41) is 3.06. The molecule has 0 aliphatic heterocycles. The zero-order valence-electron chi connectivity index (χ0n) is 12.7. The minimum atomic E-state index is -0.434. The van der Waals surface area contributed by atoms with Crippen LogP contribution in [0.5, 0.6) is 0 Å². The number of ether oxygens (including phenoxy) is 1. The Hall–Kier alpha value is -0.810. The molecule has 0 spiro atoms. The largest absolute Gasteiger partial charge is 0.444 e. The van der Waals surface area contributed by atoms with Gasteiger partial charge in [-0.15, -0.1) is 0 Å². The van der Waals surface area contributed by atoms with Crippen LogP contribution in [-0.4, -0.2) is 68.8 Å². The standard InChI is InChI=1S/C13H29N3O2/c1-13(2,3)18-12(17)16(11-8-14-4)10-7-9-15(5)6/h14H,7-11H2,1-6H3. The van der Waals surface area contributed by atoms with Gasteiger partial charge in [-0.05, 0) is 54.9 Å². The Morgan fingerprint density at radius 2 is 1.78 bits per heavy atom. The Balaban J connectivity index is 4.24. The molecule has 0 fully saturated rings. The van der Waals surface area contributed by atoms with Crippen molar-refractivity contribution in [2.75, 3.05) is 47.3 Å². The van der Waals surface area contributed by atoms with Crippen LogP contribution >= 0.6 is 0 Å². The first-order valence-corrected chi connectivity index (χ1v) is 6.53. The Morgan fingerprint density at radius 3 is 2.22 bits per heavy atom. The molecule has 0 aromatic heterocycles. The van der Waals surface area contributed by atoms with E-state index in [0.717, 1.165) is 26.1 Å². The Morgan fingerprint density at radius 1 is 1.17 bits per heavy atom. The summed E-state index contributed by atoms with van der Waals surface area (Å²) in [5.41, 5.74) is -0.434. The molecule has 0 aromatic carbocycles. The van der Waals surface area contributed by atoms with Crippen molar-refractivity contribution >= 4 is 6.09 Å². The minimum Gasteiger partial charge on any atom is -0.444 e. The van der Waals surface area contributed by atoms with Gasteiger partial charge in [0.2, 0.25) is 0 Å². The van der Waals surface area contributed by atoms with E-state index in [9.17, 15) is 4.79 Å². The van der Waals surface area contributed by atoms with Crippen molar-refractivity contribution in [2.24, 2.45) is 0 Å². The summed E-state index contributed by atoms with van der Waals surface area (Å²) in [6, 6.07) is 0. The van der Waals surface area contributed by atoms with Gasteiger partial charge >= 0.3 is 6.09 Å². The number of carbonyl (C=O) groups excluding carboxylic acids is 1. The van der Waals surface area contributed by atoms with Crippen molar-refractivity contribution in [1.29, 1.82) is 0 Å². The van der Waals surface area contributed by atoms with Crippen LogP contribution in [0.3, 0.4) is 0 Å². The number of hydrogen-bond donors (Lipinski definition) is 1. The van der Waals surface area contributed by atoms with Crippen LogP contribution in [0.1, 0.15) is 27.2 Å². The smallest absolute Gasteiger partial charge is 0.410 e. The van der Waals surface area contributed by atoms with Crippen LogP contribution in [0.25, 0.3) is 0 Å². The topological polar surface area (TPSA) is 44.8 Å². The summed E-state index contributed by atoms with van der Waals surface area (Å²) >= 11 is 0. The number of likely N-dealkylation sites (N-methyl/N-ethyl adjacent to an activating group) is 1. The molecule has 0 radical (unpaired) electrons. The first-order chi connectivity index (χ1) is 8.26. The van der Waals surface area contributed by atoms with Gasteiger partial charge in [-0.1, -0.05) is 0 Å². The third-order valence-corrected chi connectivity index (χ3v) is 2.32. The molecule has 1 N–H and O–H groups in total. The van der Waals surface area contributed by atoms with Gasteiger partial charge in [-0.3, -0.25) is 0 Å². The van der Waals surface area contributed by atoms with Crippen molar-refractivity contribution in [3.05, 3.63) is 0 Å². The maximum atomic E-state index is 12.0. The second kappa shape index (κ2) is 8.32. The number of amides is 1. The highest BCUT2D eigenvalue weighted by Gasteiger charge is 2.21. The average Bonchev–Trinajstić information content (AvgIpc) is 2.19. The highest BCUT2D eigenvalue weighted by Crippen LogP contribution is 2.10. The van der Waals surface area contributed by atoms with Crippen molar-refractivity contribution in [3.8, 4) is 0 Å². The van der Waals surface area contributed by atoms with Gasteiger partial charge in [0.25, 0.3) is 0 Å². The molecular weight excluding hydrogens is 230 g/mol. The summed E-state index contributed by atoms with van der Waals surface area (Å²) in [6.07, 6.45) is 0.729. The Bertz CT molecular complexity index is 237. The molecule has 0 saturated heterocycles. The van der Waals surface area contributed by atoms with Gasteiger partial charge in [0, 0.05) is 19.6 Å². The first kappa shape index (κ1) is 17.2. The predicted molar refractivity (Wildman–Crippen MR) is 74.9 cm³/mol. The second-order valence-corrected chi connectivity index (χ2v) is 5.73. The maximum Gasteiger partial charge on any atom is 0.410 e. The van der Waals surface area contributed by atoms with E-state index >= 15 is 0 Å². The predicted octanol–water partition coefficient (Wildman–Crippen LogP) is 1.39. The SMILES string of the molecule is CNCCN(CCCN(C)C)C(=O)OC(C)(C)C. The summed E-state index contributed by atoms with van der Waals surface area (Å²) < 4.78 is 5.40. The van der Waals surface area contributed by atoms with E-state index in [1.165, 1.54) is 0 Å². The first-order valence-electron chi connectivity index (χ1n) is 6.53. The molecule has 1 amide bonds. The molecule has 5 nitrogen and oxygen atoms in total. The molecule has 18 heavy (non-hydrogen) atoms. The van der Waals surface area contributed by atoms with Crippen LogP contribution in [0, 0.1) is 0 Å². The molecule has 0 saturated carbocycles. The lowest BCUT2D eigenvalue weighted by Crippen LogP contribution is -2.41. The summed E-state index contributed by atoms with van der Waals surface area (Å²) in [5.74, 6) is 0. The van der Waals surface area contributed by atoms with Crippen molar-refractivity contribution in [1.82, 2.24) is 15.1 Å². The van der Waals surface area contributed by atoms with E-state index in [1.54, 1.807) is 4.90 Å². The quantitative estimate of drug-likeness (QED) is 0.750. The van der Waals surface area contributed by atoms with E-state index in [2.05, 4.69) is 10.2 Å². The van der Waals surface area contributed by atoms with Gasteiger partial charge in [0.05, 0.1) is 0 Å². The number of rotatable bonds is 7. The lowest BCUT2D eigenvalue weighted by atomic mass is 10.2. The number of hydrogen-bond acceptors (Lipinski definition) is 4. The minimum absolute atomic E-state index is 0.225. The molecule has 0 atom stereocenters. The second-order valence-electron chi connectivity index (χ2n) is 5.73. The Kier molecular flexibility index (Phi) is 7.95. The zero-order valence-corrected chi connectivity index (χ0v) is 12.7. The molecular formula is C13H29N3O2. The highest BCUT2D eigenvalue weighted by molar-refractivity contribution is 5.68. The van der Waals surface area contributed by atoms with E-state index in [1.807, 2.05) is 41.9 Å². The van der Waals surface area contributed by atoms with E-state index < -0.39 is 5.60 Å². The number of carbonyl (C=O) groups is 1. The number of nitrogens with zero attached hydrogens (tertiary/aromatic N) is 2. The van der Waals surface area contributed by atoms with Gasteiger partial charge < -0.3 is 19.9 Å². The summed E-state index contributed by atoms with van der Waals surface area (Å²) in [6.45, 7) is 8.83. The van der Waals surface area contributed by atoms with E-state index in [4.69, 9.17) is 4.74 Å². The monoisotopic (exact) mass is 259 g/mol. The summed E-state index contributed by atoms with van der Waals surface area (Å²) in [4.78, 5) is 15.9. The van der Waals surface area contributed by atoms with E-state index in [-0.39, 0.29) is 6.09 Å². The molecule has 5 heteroatoms. The highest BCUT2D eigenvalue weighted by atomic mass is 16.6. The fourth-order valence-corrected chi connectivity index (χ4v) is 1.45. The fourth-order valence-electron chi connectivity index (χ4n) is 1.45. The molecule has 0 unspecified atom stereocenters. The average molecular weight is 259 g/mol. The van der Waals surface area contributed by atoms with Gasteiger partial charge in [0.15, 0.2) is 0 Å². The lowest BCUT2D eigenvalue weighted by Gasteiger charge is -2.27. The summed E-state index contributed by atoms with van der Waals surface area (Å²) in [7, 11) is 5.95. The van der Waals surface area contributed by atoms with Gasteiger partial charge in [-0.25, -0.2) is 4.79 Å². The van der Waals surface area contributed by atoms with Crippen molar-refractivity contribution in [2.45, 2.75) is 32.8 Å². The lowest BCUT2D eigenvalue weighted by molar-refractivity contribution is 0.0247. The molecule has 0 aliphatic carbocycles. The van der Waals surface area contributed by atoms with E-state index in [0.29, 0.717) is 6.54 Å². The third-order valence-electron chi connectivity index (χ3n) is 2.32. The Labute approximate surface area is 111 Å². The maximum absolute atomic E-state index is 12.0. The molecule has 0 rings (SSSR count). The normalized spacial score (nSPS) is 11.7. The zero-order chi connectivity index (χ0) is 14.2. The molecule has 0 aliphatic rings. The van der Waals surface area contributed by atoms with Crippen LogP contribution in [-0.2, 0) is 4.74 Å².